The van der Waals surface area contributed by atoms with E-state index in [0.717, 1.165) is 24.7 Å². The summed E-state index contributed by atoms with van der Waals surface area (Å²) in [6, 6.07) is 0. The Morgan fingerprint density at radius 3 is 2.33 bits per heavy atom. The number of hydrogen-bond donors (Lipinski definition) is 2. The number of fused-ring (bicyclic) bond motifs is 1. The molecule has 3 atom stereocenters. The Morgan fingerprint density at radius 1 is 1.33 bits per heavy atom. The van der Waals surface area contributed by atoms with Gasteiger partial charge in [-0.15, -0.1) is 0 Å². The Bertz CT molecular complexity index is 263. The van der Waals surface area contributed by atoms with Crippen LogP contribution in [0.25, 0.3) is 0 Å². The average Bonchev–Trinajstić information content (AvgIpc) is 2.72. The van der Waals surface area contributed by atoms with E-state index in [1.807, 2.05) is 13.8 Å². The summed E-state index contributed by atoms with van der Waals surface area (Å²) in [5, 5.41) is 12.5. The van der Waals surface area contributed by atoms with Crippen LogP contribution in [0.5, 0.6) is 0 Å². The molecule has 0 aliphatic heterocycles. The van der Waals surface area contributed by atoms with Crippen molar-refractivity contribution in [1.29, 1.82) is 0 Å². The molecule has 0 bridgehead atoms. The first-order valence-corrected chi connectivity index (χ1v) is 5.90. The first-order chi connectivity index (χ1) is 6.90. The number of carbonyl (C=O) groups is 1. The van der Waals surface area contributed by atoms with E-state index in [2.05, 4.69) is 5.32 Å². The normalized spacial score (nSPS) is 35.9. The summed E-state index contributed by atoms with van der Waals surface area (Å²) in [6.45, 7) is 5.45. The summed E-state index contributed by atoms with van der Waals surface area (Å²) in [5.41, 5.74) is -0.510. The van der Waals surface area contributed by atoms with Crippen LogP contribution in [-0.4, -0.2) is 22.7 Å². The highest BCUT2D eigenvalue weighted by Gasteiger charge is 2.48. The molecule has 0 aromatic carbocycles. The van der Waals surface area contributed by atoms with Crippen LogP contribution >= 0.6 is 0 Å². The fourth-order valence-electron chi connectivity index (χ4n) is 2.45. The second kappa shape index (κ2) is 3.48. The standard InChI is InChI=1S/C12H21NO2/c1-7(14)12(2,3)13-11(15)10-5-8-4-9(8)6-10/h7-10,14H,4-6H2,1-3H3,(H,13,15). The Balaban J connectivity index is 1.86. The molecule has 15 heavy (non-hydrogen) atoms. The summed E-state index contributed by atoms with van der Waals surface area (Å²) >= 11 is 0. The third-order valence-electron chi connectivity index (χ3n) is 4.10. The molecule has 2 saturated carbocycles. The number of hydrogen-bond acceptors (Lipinski definition) is 2. The molecule has 2 fully saturated rings. The van der Waals surface area contributed by atoms with Gasteiger partial charge < -0.3 is 10.4 Å². The molecule has 0 aromatic rings. The first-order valence-electron chi connectivity index (χ1n) is 5.90. The fourth-order valence-corrected chi connectivity index (χ4v) is 2.45. The van der Waals surface area contributed by atoms with Gasteiger partial charge in [0.15, 0.2) is 0 Å². The van der Waals surface area contributed by atoms with Crippen molar-refractivity contribution in [3.05, 3.63) is 0 Å². The molecule has 0 aromatic heterocycles. The number of aliphatic hydroxyl groups excluding tert-OH is 1. The van der Waals surface area contributed by atoms with E-state index in [0.29, 0.717) is 0 Å². The van der Waals surface area contributed by atoms with Crippen molar-refractivity contribution in [1.82, 2.24) is 5.32 Å². The molecule has 1 amide bonds. The van der Waals surface area contributed by atoms with E-state index in [4.69, 9.17) is 0 Å². The zero-order valence-electron chi connectivity index (χ0n) is 9.79. The Labute approximate surface area is 91.2 Å². The lowest BCUT2D eigenvalue weighted by atomic mass is 9.95. The summed E-state index contributed by atoms with van der Waals surface area (Å²) in [7, 11) is 0. The number of carbonyl (C=O) groups excluding carboxylic acids is 1. The topological polar surface area (TPSA) is 49.3 Å². The van der Waals surface area contributed by atoms with Gasteiger partial charge >= 0.3 is 0 Å². The van der Waals surface area contributed by atoms with Crippen LogP contribution in [0, 0.1) is 17.8 Å². The third-order valence-corrected chi connectivity index (χ3v) is 4.10. The number of aliphatic hydroxyl groups is 1. The van der Waals surface area contributed by atoms with Crippen LogP contribution < -0.4 is 5.32 Å². The minimum absolute atomic E-state index is 0.133. The van der Waals surface area contributed by atoms with Gasteiger partial charge in [0, 0.05) is 5.92 Å². The van der Waals surface area contributed by atoms with Crippen molar-refractivity contribution in [2.45, 2.75) is 51.7 Å². The maximum atomic E-state index is 11.9. The van der Waals surface area contributed by atoms with Crippen LogP contribution in [0.1, 0.15) is 40.0 Å². The third kappa shape index (κ3) is 2.17. The second-order valence-corrected chi connectivity index (χ2v) is 5.81. The van der Waals surface area contributed by atoms with Gasteiger partial charge in [-0.25, -0.2) is 0 Å². The fraction of sp³-hybridized carbons (Fsp3) is 0.917. The minimum atomic E-state index is -0.516. The maximum absolute atomic E-state index is 11.9. The van der Waals surface area contributed by atoms with Crippen molar-refractivity contribution in [2.24, 2.45) is 17.8 Å². The van der Waals surface area contributed by atoms with Crippen LogP contribution in [0.3, 0.4) is 0 Å². The Hall–Kier alpha value is -0.570. The van der Waals surface area contributed by atoms with Gasteiger partial charge in [0.2, 0.25) is 5.91 Å². The summed E-state index contributed by atoms with van der Waals surface area (Å²) in [6.07, 6.45) is 2.94. The minimum Gasteiger partial charge on any atom is -0.391 e. The summed E-state index contributed by atoms with van der Waals surface area (Å²) in [5.74, 6) is 1.99. The van der Waals surface area contributed by atoms with E-state index >= 15 is 0 Å². The monoisotopic (exact) mass is 211 g/mol. The van der Waals surface area contributed by atoms with E-state index in [1.165, 1.54) is 6.42 Å². The molecular weight excluding hydrogens is 190 g/mol. The highest BCUT2D eigenvalue weighted by atomic mass is 16.3. The van der Waals surface area contributed by atoms with E-state index < -0.39 is 11.6 Å². The zero-order chi connectivity index (χ0) is 11.2. The van der Waals surface area contributed by atoms with Gasteiger partial charge in [0.05, 0.1) is 11.6 Å². The maximum Gasteiger partial charge on any atom is 0.223 e. The molecule has 2 N–H and O–H groups in total. The zero-order valence-corrected chi connectivity index (χ0v) is 9.79. The van der Waals surface area contributed by atoms with E-state index in [1.54, 1.807) is 6.92 Å². The predicted octanol–water partition coefficient (Wildman–Crippen LogP) is 1.31. The molecule has 2 aliphatic carbocycles. The highest BCUT2D eigenvalue weighted by molar-refractivity contribution is 5.80. The molecule has 0 spiro atoms. The Kier molecular flexibility index (Phi) is 2.53. The highest BCUT2D eigenvalue weighted by Crippen LogP contribution is 2.54. The van der Waals surface area contributed by atoms with Crippen molar-refractivity contribution in [2.75, 3.05) is 0 Å². The van der Waals surface area contributed by atoms with Crippen molar-refractivity contribution >= 4 is 5.91 Å². The summed E-state index contributed by atoms with van der Waals surface area (Å²) < 4.78 is 0. The number of amides is 1. The lowest BCUT2D eigenvalue weighted by Gasteiger charge is -2.30. The van der Waals surface area contributed by atoms with Crippen LogP contribution in [0.15, 0.2) is 0 Å². The summed E-state index contributed by atoms with van der Waals surface area (Å²) in [4.78, 5) is 11.9. The van der Waals surface area contributed by atoms with Crippen molar-refractivity contribution in [3.8, 4) is 0 Å². The molecule has 0 heterocycles. The molecular formula is C12H21NO2. The lowest BCUT2D eigenvalue weighted by molar-refractivity contribution is -0.128. The van der Waals surface area contributed by atoms with E-state index in [9.17, 15) is 9.90 Å². The quantitative estimate of drug-likeness (QED) is 0.739. The molecule has 2 rings (SSSR count). The van der Waals surface area contributed by atoms with Crippen LogP contribution in [0.2, 0.25) is 0 Å². The number of nitrogens with one attached hydrogen (secondary N) is 1. The van der Waals surface area contributed by atoms with Gasteiger partial charge in [-0.05, 0) is 51.9 Å². The average molecular weight is 211 g/mol. The predicted molar refractivity (Wildman–Crippen MR) is 58.2 cm³/mol. The van der Waals surface area contributed by atoms with Gasteiger partial charge in [-0.1, -0.05) is 0 Å². The smallest absolute Gasteiger partial charge is 0.223 e. The molecule has 2 aliphatic rings. The van der Waals surface area contributed by atoms with Crippen molar-refractivity contribution in [3.63, 3.8) is 0 Å². The molecule has 86 valence electrons. The van der Waals surface area contributed by atoms with Gasteiger partial charge in [-0.3, -0.25) is 4.79 Å². The van der Waals surface area contributed by atoms with E-state index in [-0.39, 0.29) is 11.8 Å². The van der Waals surface area contributed by atoms with Crippen molar-refractivity contribution < 1.29 is 9.90 Å². The largest absolute Gasteiger partial charge is 0.391 e. The van der Waals surface area contributed by atoms with Gasteiger partial charge in [0.1, 0.15) is 0 Å². The van der Waals surface area contributed by atoms with Gasteiger partial charge in [0.25, 0.3) is 0 Å². The van der Waals surface area contributed by atoms with Crippen LogP contribution in [-0.2, 0) is 4.79 Å². The Morgan fingerprint density at radius 2 is 1.87 bits per heavy atom. The first kappa shape index (κ1) is 10.9. The molecule has 0 radical (unpaired) electrons. The molecule has 3 heteroatoms. The molecule has 0 saturated heterocycles. The number of rotatable bonds is 3. The molecule has 3 nitrogen and oxygen atoms in total. The van der Waals surface area contributed by atoms with Crippen LogP contribution in [0.4, 0.5) is 0 Å². The second-order valence-electron chi connectivity index (χ2n) is 5.81. The SMILES string of the molecule is CC(O)C(C)(C)NC(=O)C1CC2CC2C1. The lowest BCUT2D eigenvalue weighted by Crippen LogP contribution is -2.52. The van der Waals surface area contributed by atoms with Gasteiger partial charge in [-0.2, -0.15) is 0 Å². The molecule has 3 unspecified atom stereocenters.